The Hall–Kier alpha value is -2.87. The molecule has 2 aliphatic rings. The first-order valence-electron chi connectivity index (χ1n) is 10.8. The van der Waals surface area contributed by atoms with Crippen LogP contribution in [0.15, 0.2) is 35.5 Å². The van der Waals surface area contributed by atoms with Crippen molar-refractivity contribution in [3.05, 3.63) is 35.9 Å². The first-order valence-corrected chi connectivity index (χ1v) is 10.8. The minimum atomic E-state index is -0.325. The van der Waals surface area contributed by atoms with Gasteiger partial charge in [-0.2, -0.15) is 5.10 Å². The van der Waals surface area contributed by atoms with Crippen molar-refractivity contribution in [1.29, 1.82) is 0 Å². The molecule has 0 aromatic heterocycles. The second-order valence-corrected chi connectivity index (χ2v) is 7.88. The minimum Gasteiger partial charge on any atom is -0.493 e. The number of allylic oxidation sites excluding steroid dienone is 2. The Balaban J connectivity index is 1.88. The molecule has 0 atom stereocenters. The minimum absolute atomic E-state index is 0.00942. The van der Waals surface area contributed by atoms with E-state index in [0.29, 0.717) is 17.9 Å². The predicted octanol–water partition coefficient (Wildman–Crippen LogP) is 2.32. The van der Waals surface area contributed by atoms with E-state index in [2.05, 4.69) is 12.2 Å². The smallest absolute Gasteiger partial charge is 0.243 e. The normalized spacial score (nSPS) is 21.8. The topological polar surface area (TPSA) is 97.5 Å². The first-order chi connectivity index (χ1) is 15.0. The van der Waals surface area contributed by atoms with Gasteiger partial charge in [-0.15, -0.1) is 0 Å². The molecule has 2 N–H and O–H groups in total. The Morgan fingerprint density at radius 2 is 1.77 bits per heavy atom. The van der Waals surface area contributed by atoms with E-state index >= 15 is 0 Å². The molecule has 0 aliphatic carbocycles. The van der Waals surface area contributed by atoms with Gasteiger partial charge in [-0.3, -0.25) is 14.5 Å². The van der Waals surface area contributed by atoms with Crippen LogP contribution >= 0.6 is 0 Å². The standard InChI is InChI=1S/C23H32N4O4/c1-30-20-10-9-17(15-21(20)31-2)19-7-5-3-4-6-8-23(29)27(25-19)18-11-13-26(14-12-18)16-22(24)28/h3-4,9-10,15,18H,5-8,11-14,16H2,1-2H3,(H2,24,28)/b4-3-,25-19+. The van der Waals surface area contributed by atoms with Crippen molar-refractivity contribution in [1.82, 2.24) is 9.91 Å². The van der Waals surface area contributed by atoms with Crippen LogP contribution in [-0.2, 0) is 9.59 Å². The third-order valence-corrected chi connectivity index (χ3v) is 5.72. The Morgan fingerprint density at radius 3 is 2.42 bits per heavy atom. The summed E-state index contributed by atoms with van der Waals surface area (Å²) in [5.74, 6) is 0.987. The molecule has 1 fully saturated rings. The van der Waals surface area contributed by atoms with E-state index in [0.717, 1.165) is 56.5 Å². The molecule has 1 saturated heterocycles. The number of hydrogen-bond acceptors (Lipinski definition) is 6. The van der Waals surface area contributed by atoms with Crippen molar-refractivity contribution < 1.29 is 19.1 Å². The third-order valence-electron chi connectivity index (χ3n) is 5.72. The summed E-state index contributed by atoms with van der Waals surface area (Å²) in [6.45, 7) is 1.70. The summed E-state index contributed by atoms with van der Waals surface area (Å²) in [6, 6.07) is 5.73. The summed E-state index contributed by atoms with van der Waals surface area (Å²) in [7, 11) is 3.21. The van der Waals surface area contributed by atoms with Gasteiger partial charge < -0.3 is 15.2 Å². The lowest BCUT2D eigenvalue weighted by atomic mass is 10.0. The van der Waals surface area contributed by atoms with Crippen LogP contribution in [0.5, 0.6) is 11.5 Å². The number of piperidine rings is 1. The second-order valence-electron chi connectivity index (χ2n) is 7.88. The van der Waals surface area contributed by atoms with Crippen LogP contribution in [0.3, 0.4) is 0 Å². The van der Waals surface area contributed by atoms with Crippen LogP contribution in [0.25, 0.3) is 0 Å². The number of likely N-dealkylation sites (tertiary alicyclic amines) is 1. The average Bonchev–Trinajstić information content (AvgIpc) is 2.78. The van der Waals surface area contributed by atoms with E-state index < -0.39 is 0 Å². The van der Waals surface area contributed by atoms with Crippen molar-refractivity contribution in [2.75, 3.05) is 33.9 Å². The molecule has 0 unspecified atom stereocenters. The van der Waals surface area contributed by atoms with Crippen molar-refractivity contribution in [2.45, 2.75) is 44.6 Å². The zero-order valence-corrected chi connectivity index (χ0v) is 18.4. The van der Waals surface area contributed by atoms with Crippen LogP contribution < -0.4 is 15.2 Å². The van der Waals surface area contributed by atoms with Gasteiger partial charge >= 0.3 is 0 Å². The van der Waals surface area contributed by atoms with Gasteiger partial charge in [-0.25, -0.2) is 5.01 Å². The second kappa shape index (κ2) is 10.9. The molecule has 3 rings (SSSR count). The number of amides is 2. The SMILES string of the molecule is COc1ccc(/C2=N/N(C3CCN(CC(N)=O)CC3)C(=O)CC/C=C\CC2)cc1OC. The number of carbonyl (C=O) groups excluding carboxylic acids is 2. The highest BCUT2D eigenvalue weighted by atomic mass is 16.5. The van der Waals surface area contributed by atoms with Gasteiger partial charge in [0, 0.05) is 25.1 Å². The zero-order valence-electron chi connectivity index (χ0n) is 18.4. The van der Waals surface area contributed by atoms with Gasteiger partial charge in [0.1, 0.15) is 0 Å². The van der Waals surface area contributed by atoms with Crippen molar-refractivity contribution in [2.24, 2.45) is 10.8 Å². The zero-order chi connectivity index (χ0) is 22.2. The summed E-state index contributed by atoms with van der Waals surface area (Å²) in [4.78, 5) is 26.3. The van der Waals surface area contributed by atoms with Crippen molar-refractivity contribution in [3.63, 3.8) is 0 Å². The van der Waals surface area contributed by atoms with Crippen LogP contribution in [0.1, 0.15) is 44.1 Å². The van der Waals surface area contributed by atoms with E-state index in [1.165, 1.54) is 0 Å². The molecule has 168 valence electrons. The van der Waals surface area contributed by atoms with Gasteiger partial charge in [-0.05, 0) is 50.3 Å². The fourth-order valence-electron chi connectivity index (χ4n) is 4.06. The third kappa shape index (κ3) is 6.07. The molecule has 31 heavy (non-hydrogen) atoms. The number of nitrogens with two attached hydrogens (primary N) is 1. The fraction of sp³-hybridized carbons (Fsp3) is 0.522. The van der Waals surface area contributed by atoms with Gasteiger partial charge in [-0.1, -0.05) is 12.2 Å². The summed E-state index contributed by atoms with van der Waals surface area (Å²) in [5, 5.41) is 6.58. The number of carbonyl (C=O) groups is 2. The number of ether oxygens (including phenoxy) is 2. The average molecular weight is 429 g/mol. The van der Waals surface area contributed by atoms with Crippen LogP contribution in [-0.4, -0.2) is 67.3 Å². The number of nitrogens with zero attached hydrogens (tertiary/aromatic N) is 3. The molecular formula is C23H32N4O4. The lowest BCUT2D eigenvalue weighted by Crippen LogP contribution is -2.47. The highest BCUT2D eigenvalue weighted by Gasteiger charge is 2.29. The molecular weight excluding hydrogens is 396 g/mol. The van der Waals surface area contributed by atoms with E-state index in [4.69, 9.17) is 20.3 Å². The molecule has 2 heterocycles. The quantitative estimate of drug-likeness (QED) is 0.702. The molecule has 2 aliphatic heterocycles. The molecule has 0 saturated carbocycles. The molecule has 0 spiro atoms. The lowest BCUT2D eigenvalue weighted by molar-refractivity contribution is -0.135. The van der Waals surface area contributed by atoms with Gasteiger partial charge in [0.25, 0.3) is 0 Å². The Kier molecular flexibility index (Phi) is 8.06. The number of hydrazone groups is 1. The van der Waals surface area contributed by atoms with Gasteiger partial charge in [0.15, 0.2) is 11.5 Å². The van der Waals surface area contributed by atoms with E-state index in [1.54, 1.807) is 19.2 Å². The number of primary amides is 1. The molecule has 1 aromatic carbocycles. The highest BCUT2D eigenvalue weighted by molar-refractivity contribution is 6.01. The molecule has 2 amide bonds. The first kappa shape index (κ1) is 22.8. The number of hydrogen-bond donors (Lipinski definition) is 1. The molecule has 1 aromatic rings. The Labute approximate surface area is 183 Å². The Morgan fingerprint density at radius 1 is 1.10 bits per heavy atom. The lowest BCUT2D eigenvalue weighted by Gasteiger charge is -2.36. The van der Waals surface area contributed by atoms with E-state index in [1.807, 2.05) is 23.1 Å². The van der Waals surface area contributed by atoms with Crippen molar-refractivity contribution in [3.8, 4) is 11.5 Å². The number of rotatable bonds is 6. The Bertz CT molecular complexity index is 844. The molecule has 0 bridgehead atoms. The summed E-state index contributed by atoms with van der Waals surface area (Å²) < 4.78 is 10.8. The van der Waals surface area contributed by atoms with E-state index in [-0.39, 0.29) is 24.4 Å². The fourth-order valence-corrected chi connectivity index (χ4v) is 4.06. The van der Waals surface area contributed by atoms with Crippen LogP contribution in [0.2, 0.25) is 0 Å². The maximum Gasteiger partial charge on any atom is 0.243 e. The van der Waals surface area contributed by atoms with Gasteiger partial charge in [0.2, 0.25) is 11.8 Å². The molecule has 0 radical (unpaired) electrons. The van der Waals surface area contributed by atoms with Crippen LogP contribution in [0.4, 0.5) is 0 Å². The maximum atomic E-state index is 13.0. The summed E-state index contributed by atoms with van der Waals surface area (Å²) in [6.07, 6.45) is 8.43. The molecule has 8 heteroatoms. The number of methoxy groups -OCH3 is 2. The summed E-state index contributed by atoms with van der Waals surface area (Å²) in [5.41, 5.74) is 7.09. The monoisotopic (exact) mass is 428 g/mol. The van der Waals surface area contributed by atoms with Crippen molar-refractivity contribution >= 4 is 17.5 Å². The van der Waals surface area contributed by atoms with Crippen LogP contribution in [0, 0.1) is 0 Å². The van der Waals surface area contributed by atoms with Gasteiger partial charge in [0.05, 0.1) is 32.5 Å². The maximum absolute atomic E-state index is 13.0. The highest BCUT2D eigenvalue weighted by Crippen LogP contribution is 2.29. The summed E-state index contributed by atoms with van der Waals surface area (Å²) >= 11 is 0. The molecule has 8 nitrogen and oxygen atoms in total. The largest absolute Gasteiger partial charge is 0.493 e. The predicted molar refractivity (Wildman–Crippen MR) is 119 cm³/mol. The van der Waals surface area contributed by atoms with E-state index in [9.17, 15) is 9.59 Å². The number of benzene rings is 1.